The molecule has 0 saturated carbocycles. The predicted molar refractivity (Wildman–Crippen MR) is 84.2 cm³/mol. The second-order valence-corrected chi connectivity index (χ2v) is 7.11. The first-order valence-electron chi connectivity index (χ1n) is 7.04. The van der Waals surface area contributed by atoms with Gasteiger partial charge >= 0.3 is 6.09 Å². The third-order valence-electron chi connectivity index (χ3n) is 3.24. The summed E-state index contributed by atoms with van der Waals surface area (Å²) in [6.45, 7) is 5.07. The maximum Gasteiger partial charge on any atom is 0.424 e. The van der Waals surface area contributed by atoms with Crippen LogP contribution in [0.5, 0.6) is 0 Å². The van der Waals surface area contributed by atoms with Crippen molar-refractivity contribution in [3.05, 3.63) is 34.3 Å². The number of imide groups is 3. The van der Waals surface area contributed by atoms with Crippen molar-refractivity contribution >= 4 is 33.8 Å². The van der Waals surface area contributed by atoms with Crippen molar-refractivity contribution in [1.82, 2.24) is 4.90 Å². The Morgan fingerprint density at radius 1 is 1.32 bits per heavy atom. The summed E-state index contributed by atoms with van der Waals surface area (Å²) >= 11 is 3.36. The molecule has 1 unspecified atom stereocenters. The lowest BCUT2D eigenvalue weighted by molar-refractivity contribution is -0.147. The fourth-order valence-corrected chi connectivity index (χ4v) is 2.73. The van der Waals surface area contributed by atoms with Crippen molar-refractivity contribution in [2.24, 2.45) is 0 Å². The van der Waals surface area contributed by atoms with Gasteiger partial charge in [0.1, 0.15) is 5.60 Å². The zero-order valence-corrected chi connectivity index (χ0v) is 14.3. The standard InChI is InChI=1S/C16H18BrNO4/c1-16(2,3)22-15(21)18-13(19)8-7-12(14(18)20)10-5-4-6-11(17)9-10/h4-6,9,12H,7-8H2,1-3H3. The van der Waals surface area contributed by atoms with E-state index in [9.17, 15) is 14.4 Å². The topological polar surface area (TPSA) is 63.7 Å². The maximum atomic E-state index is 12.6. The van der Waals surface area contributed by atoms with Crippen molar-refractivity contribution in [2.75, 3.05) is 0 Å². The maximum absolute atomic E-state index is 12.6. The van der Waals surface area contributed by atoms with Crippen LogP contribution in [0, 0.1) is 0 Å². The molecule has 1 aromatic carbocycles. The number of benzene rings is 1. The van der Waals surface area contributed by atoms with Gasteiger partial charge < -0.3 is 4.74 Å². The van der Waals surface area contributed by atoms with Crippen LogP contribution in [0.25, 0.3) is 0 Å². The molecule has 0 spiro atoms. The van der Waals surface area contributed by atoms with Gasteiger partial charge in [0, 0.05) is 10.9 Å². The highest BCUT2D eigenvalue weighted by Crippen LogP contribution is 2.31. The number of carbonyl (C=O) groups excluding carboxylic acids is 3. The number of hydrogen-bond donors (Lipinski definition) is 0. The lowest BCUT2D eigenvalue weighted by Crippen LogP contribution is -2.49. The van der Waals surface area contributed by atoms with E-state index in [1.165, 1.54) is 0 Å². The first-order valence-corrected chi connectivity index (χ1v) is 7.83. The van der Waals surface area contributed by atoms with Crippen LogP contribution in [0.1, 0.15) is 45.1 Å². The van der Waals surface area contributed by atoms with E-state index in [1.807, 2.05) is 24.3 Å². The molecule has 1 fully saturated rings. The Balaban J connectivity index is 2.26. The minimum Gasteiger partial charge on any atom is -0.443 e. The van der Waals surface area contributed by atoms with Gasteiger partial charge in [0.25, 0.3) is 0 Å². The van der Waals surface area contributed by atoms with E-state index in [1.54, 1.807) is 20.8 Å². The molecule has 0 aromatic heterocycles. The first kappa shape index (κ1) is 16.7. The van der Waals surface area contributed by atoms with E-state index < -0.39 is 29.4 Å². The molecule has 22 heavy (non-hydrogen) atoms. The molecule has 1 aliphatic heterocycles. The summed E-state index contributed by atoms with van der Waals surface area (Å²) in [7, 11) is 0. The second-order valence-electron chi connectivity index (χ2n) is 6.19. The summed E-state index contributed by atoms with van der Waals surface area (Å²) in [5.41, 5.74) is 0.0146. The number of halogens is 1. The number of rotatable bonds is 1. The molecule has 1 saturated heterocycles. The van der Waals surface area contributed by atoms with Crippen molar-refractivity contribution in [3.63, 3.8) is 0 Å². The smallest absolute Gasteiger partial charge is 0.424 e. The molecule has 0 bridgehead atoms. The summed E-state index contributed by atoms with van der Waals surface area (Å²) in [5.74, 6) is -1.54. The third kappa shape index (κ3) is 3.74. The van der Waals surface area contributed by atoms with Gasteiger partial charge in [-0.15, -0.1) is 0 Å². The molecule has 118 valence electrons. The van der Waals surface area contributed by atoms with E-state index >= 15 is 0 Å². The number of hydrogen-bond acceptors (Lipinski definition) is 4. The summed E-state index contributed by atoms with van der Waals surface area (Å²) in [5, 5.41) is 0. The van der Waals surface area contributed by atoms with Gasteiger partial charge in [-0.1, -0.05) is 28.1 Å². The first-order chi connectivity index (χ1) is 10.2. The molecule has 0 N–H and O–H groups in total. The summed E-state index contributed by atoms with van der Waals surface area (Å²) in [6, 6.07) is 7.32. The van der Waals surface area contributed by atoms with Crippen molar-refractivity contribution in [3.8, 4) is 0 Å². The minimum atomic E-state index is -0.901. The molecule has 5 nitrogen and oxygen atoms in total. The molecule has 1 atom stereocenters. The Hall–Kier alpha value is -1.69. The van der Waals surface area contributed by atoms with Gasteiger partial charge in [0.2, 0.25) is 11.8 Å². The van der Waals surface area contributed by atoms with Crippen LogP contribution in [0.3, 0.4) is 0 Å². The number of likely N-dealkylation sites (tertiary alicyclic amines) is 1. The van der Waals surface area contributed by atoms with E-state index in [2.05, 4.69) is 15.9 Å². The lowest BCUT2D eigenvalue weighted by atomic mass is 9.89. The molecular weight excluding hydrogens is 350 g/mol. The number of ether oxygens (including phenoxy) is 1. The predicted octanol–water partition coefficient (Wildman–Crippen LogP) is 3.62. The fraction of sp³-hybridized carbons (Fsp3) is 0.438. The van der Waals surface area contributed by atoms with Gasteiger partial charge in [-0.3, -0.25) is 9.59 Å². The largest absolute Gasteiger partial charge is 0.443 e. The highest BCUT2D eigenvalue weighted by Gasteiger charge is 2.41. The molecule has 2 rings (SSSR count). The zero-order valence-electron chi connectivity index (χ0n) is 12.8. The van der Waals surface area contributed by atoms with Crippen molar-refractivity contribution in [2.45, 2.75) is 45.1 Å². The van der Waals surface area contributed by atoms with E-state index in [0.29, 0.717) is 11.3 Å². The Kier molecular flexibility index (Phi) is 4.70. The molecular formula is C16H18BrNO4. The molecule has 0 aliphatic carbocycles. The molecule has 3 amide bonds. The van der Waals surface area contributed by atoms with E-state index in [0.717, 1.165) is 10.0 Å². The molecule has 1 aromatic rings. The number of piperidine rings is 1. The highest BCUT2D eigenvalue weighted by molar-refractivity contribution is 9.10. The van der Waals surface area contributed by atoms with Crippen molar-refractivity contribution < 1.29 is 19.1 Å². The Bertz CT molecular complexity index is 621. The summed E-state index contributed by atoms with van der Waals surface area (Å²) in [6.07, 6.45) is -0.363. The van der Waals surface area contributed by atoms with E-state index in [4.69, 9.17) is 4.74 Å². The van der Waals surface area contributed by atoms with Crippen LogP contribution in [-0.2, 0) is 14.3 Å². The van der Waals surface area contributed by atoms with Crippen LogP contribution in [-0.4, -0.2) is 28.4 Å². The Morgan fingerprint density at radius 2 is 2.00 bits per heavy atom. The summed E-state index contributed by atoms with van der Waals surface area (Å²) in [4.78, 5) is 37.3. The van der Waals surface area contributed by atoms with Crippen LogP contribution >= 0.6 is 15.9 Å². The van der Waals surface area contributed by atoms with Crippen molar-refractivity contribution in [1.29, 1.82) is 0 Å². The monoisotopic (exact) mass is 367 g/mol. The molecule has 6 heteroatoms. The Labute approximate surface area is 137 Å². The number of amides is 3. The van der Waals surface area contributed by atoms with Crippen LogP contribution in [0.15, 0.2) is 28.7 Å². The van der Waals surface area contributed by atoms with Crippen LogP contribution in [0.2, 0.25) is 0 Å². The van der Waals surface area contributed by atoms with Gasteiger partial charge in [-0.25, -0.2) is 4.79 Å². The second kappa shape index (κ2) is 6.20. The Morgan fingerprint density at radius 3 is 2.59 bits per heavy atom. The molecule has 0 radical (unpaired) electrons. The van der Waals surface area contributed by atoms with Gasteiger partial charge in [0.15, 0.2) is 0 Å². The van der Waals surface area contributed by atoms with Crippen LogP contribution < -0.4 is 0 Å². The average molecular weight is 368 g/mol. The third-order valence-corrected chi connectivity index (χ3v) is 3.74. The van der Waals surface area contributed by atoms with Gasteiger partial charge in [-0.2, -0.15) is 4.90 Å². The van der Waals surface area contributed by atoms with Gasteiger partial charge in [0.05, 0.1) is 5.92 Å². The zero-order chi connectivity index (χ0) is 16.5. The molecule has 1 heterocycles. The normalized spacial score (nSPS) is 19.3. The van der Waals surface area contributed by atoms with Gasteiger partial charge in [-0.05, 0) is 44.9 Å². The summed E-state index contributed by atoms with van der Waals surface area (Å²) < 4.78 is 6.01. The molecule has 1 aliphatic rings. The number of nitrogens with zero attached hydrogens (tertiary/aromatic N) is 1. The number of carbonyl (C=O) groups is 3. The average Bonchev–Trinajstić information content (AvgIpc) is 2.36. The lowest BCUT2D eigenvalue weighted by Gasteiger charge is -2.31. The minimum absolute atomic E-state index is 0.141. The van der Waals surface area contributed by atoms with Crippen LogP contribution in [0.4, 0.5) is 4.79 Å². The highest BCUT2D eigenvalue weighted by atomic mass is 79.9. The SMILES string of the molecule is CC(C)(C)OC(=O)N1C(=O)CCC(c2cccc(Br)c2)C1=O. The van der Waals surface area contributed by atoms with E-state index in [-0.39, 0.29) is 6.42 Å². The quantitative estimate of drug-likeness (QED) is 0.711. The fourth-order valence-electron chi connectivity index (χ4n) is 2.31.